The van der Waals surface area contributed by atoms with E-state index in [1.54, 1.807) is 12.4 Å². The quantitative estimate of drug-likeness (QED) is 0.817. The van der Waals surface area contributed by atoms with E-state index in [2.05, 4.69) is 36.8 Å². The van der Waals surface area contributed by atoms with Crippen molar-refractivity contribution in [3.8, 4) is 0 Å². The molecule has 0 amide bonds. The summed E-state index contributed by atoms with van der Waals surface area (Å²) in [5.74, 6) is 0.188. The van der Waals surface area contributed by atoms with Gasteiger partial charge in [0.2, 0.25) is 0 Å². The maximum atomic E-state index is 11.9. The Labute approximate surface area is 123 Å². The summed E-state index contributed by atoms with van der Waals surface area (Å²) in [6.07, 6.45) is 4.30. The molecule has 2 rings (SSSR count). The van der Waals surface area contributed by atoms with Crippen molar-refractivity contribution in [1.29, 1.82) is 0 Å². The zero-order valence-electron chi connectivity index (χ0n) is 9.57. The lowest BCUT2D eigenvalue weighted by molar-refractivity contribution is -0.117. The molecule has 0 atom stereocenters. The summed E-state index contributed by atoms with van der Waals surface area (Å²) in [7, 11) is 0. The lowest BCUT2D eigenvalue weighted by Crippen LogP contribution is -2.06. The third-order valence-corrected chi connectivity index (χ3v) is 3.38. The first-order valence-electron chi connectivity index (χ1n) is 5.49. The summed E-state index contributed by atoms with van der Waals surface area (Å²) in [6.45, 7) is 0. The van der Waals surface area contributed by atoms with Crippen LogP contribution in [0.1, 0.15) is 11.1 Å². The molecule has 0 aliphatic carbocycles. The number of pyridine rings is 1. The van der Waals surface area contributed by atoms with E-state index in [0.717, 1.165) is 20.1 Å². The fourth-order valence-electron chi connectivity index (χ4n) is 1.72. The predicted molar refractivity (Wildman–Crippen MR) is 78.5 cm³/mol. The molecule has 0 unspecified atom stereocenters. The molecule has 1 heterocycles. The van der Waals surface area contributed by atoms with Gasteiger partial charge >= 0.3 is 0 Å². The van der Waals surface area contributed by atoms with Crippen LogP contribution in [0.3, 0.4) is 0 Å². The third kappa shape index (κ3) is 4.03. The highest BCUT2D eigenvalue weighted by atomic mass is 79.9. The Kier molecular flexibility index (Phi) is 4.66. The molecule has 92 valence electrons. The van der Waals surface area contributed by atoms with E-state index in [-0.39, 0.29) is 5.78 Å². The highest BCUT2D eigenvalue weighted by Crippen LogP contribution is 2.14. The Bertz CT molecular complexity index is 520. The van der Waals surface area contributed by atoms with Gasteiger partial charge in [0.25, 0.3) is 0 Å². The zero-order chi connectivity index (χ0) is 13.0. The Morgan fingerprint density at radius 2 is 1.72 bits per heavy atom. The number of halogens is 2. The van der Waals surface area contributed by atoms with E-state index >= 15 is 0 Å². The van der Waals surface area contributed by atoms with Crippen LogP contribution in [-0.4, -0.2) is 10.8 Å². The van der Waals surface area contributed by atoms with Crippen molar-refractivity contribution < 1.29 is 4.79 Å². The minimum atomic E-state index is 0.188. The number of ketones is 1. The summed E-state index contributed by atoms with van der Waals surface area (Å²) in [5.41, 5.74) is 1.96. The van der Waals surface area contributed by atoms with Crippen LogP contribution in [0.15, 0.2) is 51.7 Å². The van der Waals surface area contributed by atoms with E-state index in [9.17, 15) is 4.79 Å². The summed E-state index contributed by atoms with van der Waals surface area (Å²) in [4.78, 5) is 16.0. The van der Waals surface area contributed by atoms with Gasteiger partial charge in [0.05, 0.1) is 0 Å². The van der Waals surface area contributed by atoms with Crippen LogP contribution in [0.2, 0.25) is 0 Å². The van der Waals surface area contributed by atoms with Gasteiger partial charge in [-0.05, 0) is 45.3 Å². The Morgan fingerprint density at radius 3 is 2.44 bits per heavy atom. The SMILES string of the molecule is O=C(Cc1cccc(Br)c1)Cc1cncc(Br)c1. The van der Waals surface area contributed by atoms with Crippen LogP contribution >= 0.6 is 31.9 Å². The summed E-state index contributed by atoms with van der Waals surface area (Å²) < 4.78 is 1.90. The molecule has 18 heavy (non-hydrogen) atoms. The highest BCUT2D eigenvalue weighted by molar-refractivity contribution is 9.10. The minimum absolute atomic E-state index is 0.188. The van der Waals surface area contributed by atoms with Crippen LogP contribution in [0.5, 0.6) is 0 Å². The van der Waals surface area contributed by atoms with E-state index in [4.69, 9.17) is 0 Å². The van der Waals surface area contributed by atoms with Crippen molar-refractivity contribution in [2.24, 2.45) is 0 Å². The molecule has 0 spiro atoms. The molecule has 2 aromatic rings. The van der Waals surface area contributed by atoms with Gasteiger partial charge in [0.1, 0.15) is 5.78 Å². The van der Waals surface area contributed by atoms with Gasteiger partial charge < -0.3 is 0 Å². The molecule has 1 aromatic heterocycles. The minimum Gasteiger partial charge on any atom is -0.299 e. The summed E-state index contributed by atoms with van der Waals surface area (Å²) in [6, 6.07) is 9.74. The van der Waals surface area contributed by atoms with Crippen LogP contribution < -0.4 is 0 Å². The van der Waals surface area contributed by atoms with Gasteiger partial charge in [0, 0.05) is 34.2 Å². The maximum Gasteiger partial charge on any atom is 0.141 e. The molecule has 0 saturated carbocycles. The second kappa shape index (κ2) is 6.25. The smallest absolute Gasteiger partial charge is 0.141 e. The van der Waals surface area contributed by atoms with Crippen LogP contribution in [0, 0.1) is 0 Å². The molecule has 0 bridgehead atoms. The number of benzene rings is 1. The highest BCUT2D eigenvalue weighted by Gasteiger charge is 2.06. The standard InChI is InChI=1S/C14H11Br2NO/c15-12-3-1-2-10(4-12)6-14(18)7-11-5-13(16)9-17-8-11/h1-5,8-9H,6-7H2. The molecule has 1 aromatic carbocycles. The maximum absolute atomic E-state index is 11.9. The van der Waals surface area contributed by atoms with Gasteiger partial charge in [-0.25, -0.2) is 0 Å². The second-order valence-corrected chi connectivity index (χ2v) is 5.86. The Morgan fingerprint density at radius 1 is 1.00 bits per heavy atom. The van der Waals surface area contributed by atoms with Crippen molar-refractivity contribution in [1.82, 2.24) is 4.98 Å². The van der Waals surface area contributed by atoms with Crippen molar-refractivity contribution >= 4 is 37.6 Å². The second-order valence-electron chi connectivity index (χ2n) is 4.03. The monoisotopic (exact) mass is 367 g/mol. The summed E-state index contributed by atoms with van der Waals surface area (Å²) in [5, 5.41) is 0. The molecule has 0 aliphatic heterocycles. The number of nitrogens with zero attached hydrogens (tertiary/aromatic N) is 1. The zero-order valence-corrected chi connectivity index (χ0v) is 12.7. The van der Waals surface area contributed by atoms with Crippen molar-refractivity contribution in [2.45, 2.75) is 12.8 Å². The predicted octanol–water partition coefficient (Wildman–Crippen LogP) is 3.96. The fraction of sp³-hybridized carbons (Fsp3) is 0.143. The van der Waals surface area contributed by atoms with Crippen molar-refractivity contribution in [2.75, 3.05) is 0 Å². The van der Waals surface area contributed by atoms with Gasteiger partial charge in [0.15, 0.2) is 0 Å². The Hall–Kier alpha value is -1.00. The average molecular weight is 369 g/mol. The van der Waals surface area contributed by atoms with Gasteiger partial charge in [-0.15, -0.1) is 0 Å². The normalized spacial score (nSPS) is 10.3. The van der Waals surface area contributed by atoms with Crippen molar-refractivity contribution in [3.05, 3.63) is 62.8 Å². The molecular weight excluding hydrogens is 358 g/mol. The van der Waals surface area contributed by atoms with Gasteiger partial charge in [-0.1, -0.05) is 28.1 Å². The number of carbonyl (C=O) groups excluding carboxylic acids is 1. The molecule has 0 N–H and O–H groups in total. The molecule has 0 fully saturated rings. The largest absolute Gasteiger partial charge is 0.299 e. The fourth-order valence-corrected chi connectivity index (χ4v) is 2.58. The van der Waals surface area contributed by atoms with E-state index in [1.807, 2.05) is 30.3 Å². The number of Topliss-reactive ketones (excluding diaryl/α,β-unsaturated/α-hetero) is 1. The van der Waals surface area contributed by atoms with E-state index in [0.29, 0.717) is 12.8 Å². The number of carbonyl (C=O) groups is 1. The third-order valence-electron chi connectivity index (χ3n) is 2.45. The topological polar surface area (TPSA) is 30.0 Å². The van der Waals surface area contributed by atoms with Gasteiger partial charge in [-0.3, -0.25) is 9.78 Å². The number of hydrogen-bond donors (Lipinski definition) is 0. The van der Waals surface area contributed by atoms with E-state index in [1.165, 1.54) is 0 Å². The van der Waals surface area contributed by atoms with Crippen LogP contribution in [-0.2, 0) is 17.6 Å². The first-order valence-corrected chi connectivity index (χ1v) is 7.07. The lowest BCUT2D eigenvalue weighted by atomic mass is 10.0. The number of aromatic nitrogens is 1. The number of rotatable bonds is 4. The average Bonchev–Trinajstić information content (AvgIpc) is 2.28. The lowest BCUT2D eigenvalue weighted by Gasteiger charge is -2.03. The molecule has 4 heteroatoms. The van der Waals surface area contributed by atoms with Crippen LogP contribution in [0.4, 0.5) is 0 Å². The molecule has 0 radical (unpaired) electrons. The van der Waals surface area contributed by atoms with Gasteiger partial charge in [-0.2, -0.15) is 0 Å². The molecule has 2 nitrogen and oxygen atoms in total. The number of hydrogen-bond acceptors (Lipinski definition) is 2. The first kappa shape index (κ1) is 13.4. The molecule has 0 aliphatic rings. The molecular formula is C14H11Br2NO. The Balaban J connectivity index is 2.01. The van der Waals surface area contributed by atoms with Crippen LogP contribution in [0.25, 0.3) is 0 Å². The summed E-state index contributed by atoms with van der Waals surface area (Å²) >= 11 is 6.75. The molecule has 0 saturated heterocycles. The van der Waals surface area contributed by atoms with E-state index < -0.39 is 0 Å². The van der Waals surface area contributed by atoms with Crippen molar-refractivity contribution in [3.63, 3.8) is 0 Å². The first-order chi connectivity index (χ1) is 8.63.